The highest BCUT2D eigenvalue weighted by molar-refractivity contribution is 5.69. The molecule has 0 amide bonds. The molecule has 6 nitrogen and oxygen atoms in total. The molecule has 0 bridgehead atoms. The largest absolute Gasteiger partial charge is 0.481 e. The number of hydrogen-bond acceptors (Lipinski definition) is 5. The Morgan fingerprint density at radius 1 is 1.56 bits per heavy atom. The lowest BCUT2D eigenvalue weighted by molar-refractivity contribution is -0.136. The van der Waals surface area contributed by atoms with Gasteiger partial charge in [0.05, 0.1) is 0 Å². The Bertz CT molecular complexity index is 441. The summed E-state index contributed by atoms with van der Waals surface area (Å²) in [6.07, 6.45) is 1.82. The number of carbonyl (C=O) groups is 1. The van der Waals surface area contributed by atoms with Crippen LogP contribution in [0.15, 0.2) is 4.42 Å². The minimum Gasteiger partial charge on any atom is -0.481 e. The first kappa shape index (κ1) is 10.5. The zero-order chi connectivity index (χ0) is 11.5. The van der Waals surface area contributed by atoms with Crippen LogP contribution in [0.25, 0.3) is 0 Å². The van der Waals surface area contributed by atoms with Crippen molar-refractivity contribution in [1.29, 1.82) is 5.26 Å². The van der Waals surface area contributed by atoms with Crippen LogP contribution in [0, 0.1) is 11.3 Å². The molecule has 0 atom stereocenters. The molecule has 0 spiro atoms. The number of carboxylic acid groups (broad SMARTS) is 1. The first-order valence-electron chi connectivity index (χ1n) is 5.07. The van der Waals surface area contributed by atoms with Crippen LogP contribution in [-0.2, 0) is 11.2 Å². The van der Waals surface area contributed by atoms with Crippen LogP contribution < -0.4 is 4.90 Å². The molecule has 0 aliphatic carbocycles. The van der Waals surface area contributed by atoms with E-state index in [4.69, 9.17) is 14.8 Å². The summed E-state index contributed by atoms with van der Waals surface area (Å²) in [5.74, 6) is -0.513. The number of nitrogens with zero attached hydrogens (tertiary/aromatic N) is 3. The predicted molar refractivity (Wildman–Crippen MR) is 54.0 cm³/mol. The molecule has 1 fully saturated rings. The average Bonchev–Trinajstić information content (AvgIpc) is 2.83. The summed E-state index contributed by atoms with van der Waals surface area (Å²) in [6, 6.07) is 1.93. The SMILES string of the molecule is N#Cc1nc(CC(=O)O)oc1N1CCCC1. The van der Waals surface area contributed by atoms with Gasteiger partial charge in [-0.05, 0) is 12.8 Å². The van der Waals surface area contributed by atoms with Crippen LogP contribution in [0.5, 0.6) is 0 Å². The molecule has 0 aromatic carbocycles. The third kappa shape index (κ3) is 1.98. The first-order valence-corrected chi connectivity index (χ1v) is 5.07. The van der Waals surface area contributed by atoms with E-state index in [2.05, 4.69) is 4.98 Å². The van der Waals surface area contributed by atoms with E-state index < -0.39 is 5.97 Å². The fourth-order valence-corrected chi connectivity index (χ4v) is 1.77. The molecule has 1 aliphatic rings. The number of nitriles is 1. The van der Waals surface area contributed by atoms with E-state index in [1.54, 1.807) is 0 Å². The third-order valence-corrected chi connectivity index (χ3v) is 2.46. The third-order valence-electron chi connectivity index (χ3n) is 2.46. The van der Waals surface area contributed by atoms with Crippen molar-refractivity contribution in [3.05, 3.63) is 11.6 Å². The zero-order valence-corrected chi connectivity index (χ0v) is 8.64. The second kappa shape index (κ2) is 4.23. The summed E-state index contributed by atoms with van der Waals surface area (Å²) in [5.41, 5.74) is 0.179. The lowest BCUT2D eigenvalue weighted by Gasteiger charge is -2.12. The van der Waals surface area contributed by atoms with Gasteiger partial charge in [0.1, 0.15) is 12.5 Å². The van der Waals surface area contributed by atoms with Crippen molar-refractivity contribution in [3.8, 4) is 6.07 Å². The molecule has 1 N–H and O–H groups in total. The van der Waals surface area contributed by atoms with Crippen molar-refractivity contribution in [3.63, 3.8) is 0 Å². The Hall–Kier alpha value is -2.03. The van der Waals surface area contributed by atoms with Gasteiger partial charge >= 0.3 is 5.97 Å². The molecular weight excluding hydrogens is 210 g/mol. The molecule has 16 heavy (non-hydrogen) atoms. The average molecular weight is 221 g/mol. The Labute approximate surface area is 92.1 Å². The van der Waals surface area contributed by atoms with Crippen LogP contribution >= 0.6 is 0 Å². The smallest absolute Gasteiger partial charge is 0.312 e. The zero-order valence-electron chi connectivity index (χ0n) is 8.64. The summed E-state index contributed by atoms with van der Waals surface area (Å²) in [5, 5.41) is 17.5. The van der Waals surface area contributed by atoms with Crippen LogP contribution in [-0.4, -0.2) is 29.1 Å². The van der Waals surface area contributed by atoms with E-state index in [1.807, 2.05) is 11.0 Å². The van der Waals surface area contributed by atoms with Gasteiger partial charge in [-0.1, -0.05) is 0 Å². The number of hydrogen-bond donors (Lipinski definition) is 1. The van der Waals surface area contributed by atoms with Gasteiger partial charge in [0.25, 0.3) is 0 Å². The van der Waals surface area contributed by atoms with Crippen molar-refractivity contribution in [2.75, 3.05) is 18.0 Å². The van der Waals surface area contributed by atoms with Crippen molar-refractivity contribution < 1.29 is 14.3 Å². The van der Waals surface area contributed by atoms with Crippen molar-refractivity contribution in [2.24, 2.45) is 0 Å². The number of anilines is 1. The normalized spacial score (nSPS) is 15.1. The quantitative estimate of drug-likeness (QED) is 0.810. The molecule has 84 valence electrons. The summed E-state index contributed by atoms with van der Waals surface area (Å²) in [4.78, 5) is 16.3. The minimum absolute atomic E-state index is 0.0888. The number of rotatable bonds is 3. The molecule has 0 radical (unpaired) electrons. The molecule has 0 unspecified atom stereocenters. The summed E-state index contributed by atoms with van der Waals surface area (Å²) in [6.45, 7) is 1.66. The van der Waals surface area contributed by atoms with Gasteiger partial charge in [0.15, 0.2) is 0 Å². The van der Waals surface area contributed by atoms with E-state index in [-0.39, 0.29) is 18.0 Å². The maximum absolute atomic E-state index is 10.5. The van der Waals surface area contributed by atoms with Gasteiger partial charge in [-0.3, -0.25) is 4.79 Å². The summed E-state index contributed by atoms with van der Waals surface area (Å²) in [7, 11) is 0. The molecular formula is C10H11N3O3. The fourth-order valence-electron chi connectivity index (χ4n) is 1.77. The Balaban J connectivity index is 2.26. The standard InChI is InChI=1S/C10H11N3O3/c11-6-7-10(13-3-1-2-4-13)16-8(12-7)5-9(14)15/h1-5H2,(H,14,15). The molecule has 2 heterocycles. The molecule has 1 saturated heterocycles. The maximum atomic E-state index is 10.5. The summed E-state index contributed by atoms with van der Waals surface area (Å²) < 4.78 is 5.31. The van der Waals surface area contributed by atoms with Gasteiger partial charge in [-0.15, -0.1) is 0 Å². The highest BCUT2D eigenvalue weighted by atomic mass is 16.4. The second-order valence-corrected chi connectivity index (χ2v) is 3.64. The Morgan fingerprint density at radius 3 is 2.81 bits per heavy atom. The summed E-state index contributed by atoms with van der Waals surface area (Å²) >= 11 is 0. The van der Waals surface area contributed by atoms with Crippen molar-refractivity contribution >= 4 is 11.9 Å². The van der Waals surface area contributed by atoms with Crippen LogP contribution in [0.3, 0.4) is 0 Å². The van der Waals surface area contributed by atoms with Crippen LogP contribution in [0.2, 0.25) is 0 Å². The first-order chi connectivity index (χ1) is 7.70. The lowest BCUT2D eigenvalue weighted by Crippen LogP contribution is -2.17. The van der Waals surface area contributed by atoms with Gasteiger partial charge in [0.2, 0.25) is 17.5 Å². The van der Waals surface area contributed by atoms with E-state index in [1.165, 1.54) is 0 Å². The van der Waals surface area contributed by atoms with Gasteiger partial charge < -0.3 is 14.4 Å². The van der Waals surface area contributed by atoms with Crippen LogP contribution in [0.4, 0.5) is 5.88 Å². The number of aliphatic carboxylic acids is 1. The topological polar surface area (TPSA) is 90.4 Å². The lowest BCUT2D eigenvalue weighted by atomic mass is 10.4. The highest BCUT2D eigenvalue weighted by Gasteiger charge is 2.22. The molecule has 2 rings (SSSR count). The number of oxazole rings is 1. The van der Waals surface area contributed by atoms with E-state index in [0.29, 0.717) is 5.88 Å². The van der Waals surface area contributed by atoms with Crippen molar-refractivity contribution in [1.82, 2.24) is 4.98 Å². The molecule has 1 aliphatic heterocycles. The highest BCUT2D eigenvalue weighted by Crippen LogP contribution is 2.25. The fraction of sp³-hybridized carbons (Fsp3) is 0.500. The second-order valence-electron chi connectivity index (χ2n) is 3.64. The van der Waals surface area contributed by atoms with Gasteiger partial charge in [-0.2, -0.15) is 10.2 Å². The van der Waals surface area contributed by atoms with Gasteiger partial charge in [0, 0.05) is 13.1 Å². The van der Waals surface area contributed by atoms with E-state index in [9.17, 15) is 4.79 Å². The minimum atomic E-state index is -1.02. The molecule has 1 aromatic heterocycles. The number of carboxylic acids is 1. The van der Waals surface area contributed by atoms with Crippen molar-refractivity contribution in [2.45, 2.75) is 19.3 Å². The van der Waals surface area contributed by atoms with Crippen LogP contribution in [0.1, 0.15) is 24.4 Å². The van der Waals surface area contributed by atoms with Gasteiger partial charge in [-0.25, -0.2) is 0 Å². The Morgan fingerprint density at radius 2 is 2.25 bits per heavy atom. The monoisotopic (exact) mass is 221 g/mol. The molecule has 0 saturated carbocycles. The predicted octanol–water partition coefficient (Wildman–Crippen LogP) is 0.774. The Kier molecular flexibility index (Phi) is 2.77. The van der Waals surface area contributed by atoms with E-state index in [0.717, 1.165) is 25.9 Å². The maximum Gasteiger partial charge on any atom is 0.312 e. The molecule has 1 aromatic rings. The molecule has 6 heteroatoms. The number of aromatic nitrogens is 1. The van der Waals surface area contributed by atoms with E-state index >= 15 is 0 Å².